The van der Waals surface area contributed by atoms with Gasteiger partial charge in [0.2, 0.25) is 5.78 Å². The van der Waals surface area contributed by atoms with Crippen LogP contribution in [0.4, 0.5) is 0 Å². The van der Waals surface area contributed by atoms with E-state index >= 15 is 0 Å². The summed E-state index contributed by atoms with van der Waals surface area (Å²) < 4.78 is 8.70. The molecule has 0 aromatic carbocycles. The third-order valence-corrected chi connectivity index (χ3v) is 5.80. The van der Waals surface area contributed by atoms with Gasteiger partial charge in [-0.2, -0.15) is 5.10 Å². The van der Waals surface area contributed by atoms with Gasteiger partial charge < -0.3 is 4.74 Å². The van der Waals surface area contributed by atoms with E-state index in [9.17, 15) is 4.79 Å². The molecule has 0 fully saturated rings. The number of hydrogen-bond acceptors (Lipinski definition) is 4. The lowest BCUT2D eigenvalue weighted by Gasteiger charge is -2.05. The van der Waals surface area contributed by atoms with Gasteiger partial charge in [0.25, 0.3) is 0 Å². The highest BCUT2D eigenvalue weighted by molar-refractivity contribution is 9.13. The minimum atomic E-state index is -0.0702. The largest absolute Gasteiger partial charge is 0.493 e. The zero-order chi connectivity index (χ0) is 14.0. The molecule has 0 aliphatic rings. The van der Waals surface area contributed by atoms with Crippen molar-refractivity contribution in [3.63, 3.8) is 0 Å². The number of rotatable bonds is 5. The van der Waals surface area contributed by atoms with E-state index in [1.807, 2.05) is 6.92 Å². The van der Waals surface area contributed by atoms with Gasteiger partial charge in [-0.3, -0.25) is 9.48 Å². The van der Waals surface area contributed by atoms with Crippen LogP contribution in [0.2, 0.25) is 0 Å². The molecule has 2 aromatic heterocycles. The molecule has 0 N–H and O–H groups in total. The normalized spacial score (nSPS) is 10.7. The predicted molar refractivity (Wildman–Crippen MR) is 82.2 cm³/mol. The summed E-state index contributed by atoms with van der Waals surface area (Å²) >= 11 is 8.18. The van der Waals surface area contributed by atoms with Crippen LogP contribution in [0.15, 0.2) is 20.5 Å². The first-order valence-corrected chi connectivity index (χ1v) is 8.08. The van der Waals surface area contributed by atoms with Crippen LogP contribution >= 0.6 is 43.2 Å². The fourth-order valence-corrected chi connectivity index (χ4v) is 3.68. The van der Waals surface area contributed by atoms with Gasteiger partial charge in [-0.15, -0.1) is 11.3 Å². The maximum Gasteiger partial charge on any atom is 0.224 e. The van der Waals surface area contributed by atoms with Crippen molar-refractivity contribution >= 4 is 49.0 Å². The average molecular weight is 408 g/mol. The summed E-state index contributed by atoms with van der Waals surface area (Å²) in [4.78, 5) is 13.2. The minimum absolute atomic E-state index is 0.0702. The summed E-state index contributed by atoms with van der Waals surface area (Å²) in [6, 6.07) is 1.81. The van der Waals surface area contributed by atoms with Gasteiger partial charge in [0.05, 0.1) is 22.0 Å². The highest BCUT2D eigenvalue weighted by atomic mass is 79.9. The lowest BCUT2D eigenvalue weighted by molar-refractivity contribution is 0.102. The molecule has 4 nitrogen and oxygen atoms in total. The molecule has 0 atom stereocenters. The Bertz CT molecular complexity index is 587. The summed E-state index contributed by atoms with van der Waals surface area (Å²) in [5.74, 6) is 0.443. The van der Waals surface area contributed by atoms with Crippen molar-refractivity contribution < 1.29 is 9.53 Å². The lowest BCUT2D eigenvalue weighted by atomic mass is 10.2. The van der Waals surface area contributed by atoms with Crippen LogP contribution < -0.4 is 4.74 Å². The zero-order valence-corrected chi connectivity index (χ0v) is 14.4. The second kappa shape index (κ2) is 6.19. The summed E-state index contributed by atoms with van der Waals surface area (Å²) in [6.45, 7) is 2.73. The number of methoxy groups -OCH3 is 1. The van der Waals surface area contributed by atoms with E-state index in [-0.39, 0.29) is 5.78 Å². The molecule has 0 bridgehead atoms. The fraction of sp³-hybridized carbons (Fsp3) is 0.333. The number of carbonyl (C=O) groups is 1. The Labute approximate surface area is 132 Å². The first-order valence-electron chi connectivity index (χ1n) is 5.67. The van der Waals surface area contributed by atoms with Crippen molar-refractivity contribution in [1.82, 2.24) is 9.78 Å². The Morgan fingerprint density at radius 1 is 1.53 bits per heavy atom. The average Bonchev–Trinajstić information content (AvgIpc) is 2.94. The monoisotopic (exact) mass is 406 g/mol. The molecule has 0 amide bonds. The highest BCUT2D eigenvalue weighted by Gasteiger charge is 2.23. The van der Waals surface area contributed by atoms with Crippen molar-refractivity contribution in [2.24, 2.45) is 0 Å². The number of thiophene rings is 1. The molecule has 0 aliphatic heterocycles. The van der Waals surface area contributed by atoms with Crippen LogP contribution in [0.1, 0.15) is 28.7 Å². The highest BCUT2D eigenvalue weighted by Crippen LogP contribution is 2.34. The van der Waals surface area contributed by atoms with Gasteiger partial charge >= 0.3 is 0 Å². The fourth-order valence-electron chi connectivity index (χ4n) is 1.70. The van der Waals surface area contributed by atoms with E-state index in [1.165, 1.54) is 11.3 Å². The smallest absolute Gasteiger partial charge is 0.224 e. The Morgan fingerprint density at radius 2 is 2.26 bits per heavy atom. The van der Waals surface area contributed by atoms with Crippen LogP contribution in [0, 0.1) is 0 Å². The molecule has 0 radical (unpaired) electrons. The van der Waals surface area contributed by atoms with E-state index < -0.39 is 0 Å². The van der Waals surface area contributed by atoms with Gasteiger partial charge in [0, 0.05) is 11.0 Å². The van der Waals surface area contributed by atoms with Crippen LogP contribution in [0.25, 0.3) is 0 Å². The summed E-state index contributed by atoms with van der Waals surface area (Å²) in [5.41, 5.74) is 0.505. The van der Waals surface area contributed by atoms with Gasteiger partial charge in [0.1, 0.15) is 0 Å². The quantitative estimate of drug-likeness (QED) is 0.700. The summed E-state index contributed by atoms with van der Waals surface area (Å²) in [5, 5.41) is 4.20. The molecule has 0 saturated heterocycles. The molecular weight excluding hydrogens is 396 g/mol. The van der Waals surface area contributed by atoms with Gasteiger partial charge in [-0.1, -0.05) is 6.92 Å². The van der Waals surface area contributed by atoms with Gasteiger partial charge in [-0.25, -0.2) is 0 Å². The number of ether oxygens (including phenoxy) is 1. The number of aryl methyl sites for hydroxylation is 1. The van der Waals surface area contributed by atoms with E-state index in [1.54, 1.807) is 24.1 Å². The zero-order valence-electron chi connectivity index (χ0n) is 10.4. The molecule has 2 aromatic rings. The van der Waals surface area contributed by atoms with E-state index in [2.05, 4.69) is 37.0 Å². The lowest BCUT2D eigenvalue weighted by Crippen LogP contribution is -2.11. The molecule has 7 heteroatoms. The molecule has 0 unspecified atom stereocenters. The Balaban J connectivity index is 2.44. The van der Waals surface area contributed by atoms with Gasteiger partial charge in [-0.05, 0) is 44.3 Å². The SMILES string of the molecule is CCCn1ncc(OC)c1C(=O)c1cc(Br)c(Br)s1. The first kappa shape index (κ1) is 14.7. The maximum absolute atomic E-state index is 12.6. The van der Waals surface area contributed by atoms with E-state index in [0.717, 1.165) is 14.7 Å². The van der Waals surface area contributed by atoms with Crippen molar-refractivity contribution in [2.45, 2.75) is 19.9 Å². The molecule has 102 valence electrons. The minimum Gasteiger partial charge on any atom is -0.493 e. The van der Waals surface area contributed by atoms with Crippen LogP contribution in [0.5, 0.6) is 5.75 Å². The van der Waals surface area contributed by atoms with Crippen LogP contribution in [-0.4, -0.2) is 22.7 Å². The van der Waals surface area contributed by atoms with E-state index in [4.69, 9.17) is 4.74 Å². The Hall–Kier alpha value is -0.660. The second-order valence-corrected chi connectivity index (χ2v) is 7.07. The maximum atomic E-state index is 12.6. The second-order valence-electron chi connectivity index (χ2n) is 3.85. The Morgan fingerprint density at radius 3 is 2.79 bits per heavy atom. The molecule has 2 heterocycles. The third kappa shape index (κ3) is 2.93. The number of halogens is 2. The molecule has 19 heavy (non-hydrogen) atoms. The molecule has 0 aliphatic carbocycles. The molecule has 2 rings (SSSR count). The van der Waals surface area contributed by atoms with Crippen molar-refractivity contribution in [3.8, 4) is 5.75 Å². The summed E-state index contributed by atoms with van der Waals surface area (Å²) in [6.07, 6.45) is 2.49. The standard InChI is InChI=1S/C12H12Br2N2O2S/c1-3-4-16-10(8(18-2)6-15-16)11(17)9-5-7(13)12(14)19-9/h5-6H,3-4H2,1-2H3. The van der Waals surface area contributed by atoms with Crippen molar-refractivity contribution in [3.05, 3.63) is 31.1 Å². The van der Waals surface area contributed by atoms with E-state index in [0.29, 0.717) is 22.9 Å². The molecular formula is C12H12Br2N2O2S. The van der Waals surface area contributed by atoms with Crippen molar-refractivity contribution in [2.75, 3.05) is 7.11 Å². The number of ketones is 1. The van der Waals surface area contributed by atoms with Crippen LogP contribution in [-0.2, 0) is 6.54 Å². The van der Waals surface area contributed by atoms with Crippen molar-refractivity contribution in [1.29, 1.82) is 0 Å². The third-order valence-electron chi connectivity index (χ3n) is 2.55. The Kier molecular flexibility index (Phi) is 4.81. The predicted octanol–water partition coefficient (Wildman–Crippen LogP) is 4.12. The topological polar surface area (TPSA) is 44.1 Å². The van der Waals surface area contributed by atoms with Gasteiger partial charge in [0.15, 0.2) is 11.4 Å². The summed E-state index contributed by atoms with van der Waals surface area (Å²) in [7, 11) is 1.55. The first-order chi connectivity index (χ1) is 9.08. The molecule has 0 spiro atoms. The number of carbonyl (C=O) groups excluding carboxylic acids is 1. The number of hydrogen-bond donors (Lipinski definition) is 0. The van der Waals surface area contributed by atoms with Crippen LogP contribution in [0.3, 0.4) is 0 Å². The number of nitrogens with zero attached hydrogens (tertiary/aromatic N) is 2. The number of aromatic nitrogens is 2. The molecule has 0 saturated carbocycles.